The molecule has 0 spiro atoms. The van der Waals surface area contributed by atoms with Crippen LogP contribution in [0.1, 0.15) is 12.5 Å². The van der Waals surface area contributed by atoms with Gasteiger partial charge >= 0.3 is 0 Å². The molecule has 0 amide bonds. The lowest BCUT2D eigenvalue weighted by atomic mass is 10.2. The molecule has 0 atom stereocenters. The molecule has 0 heterocycles. The van der Waals surface area contributed by atoms with Crippen molar-refractivity contribution in [1.82, 2.24) is 10.6 Å². The molecule has 6 heteroatoms. The Bertz CT molecular complexity index is 423. The molecule has 0 aliphatic carbocycles. The van der Waals surface area contributed by atoms with Crippen LogP contribution in [-0.2, 0) is 6.54 Å². The highest BCUT2D eigenvalue weighted by Gasteiger charge is 1.97. The van der Waals surface area contributed by atoms with Crippen LogP contribution in [0, 0.1) is 5.82 Å². The van der Waals surface area contributed by atoms with E-state index in [1.54, 1.807) is 12.1 Å². The van der Waals surface area contributed by atoms with Crippen LogP contribution in [0.3, 0.4) is 0 Å². The molecule has 21 heavy (non-hydrogen) atoms. The summed E-state index contributed by atoms with van der Waals surface area (Å²) in [4.78, 5) is 4.47. The van der Waals surface area contributed by atoms with Crippen LogP contribution in [0.5, 0.6) is 0 Å². The average molecular weight is 423 g/mol. The minimum Gasteiger partial charge on any atom is -0.357 e. The quantitative estimate of drug-likeness (QED) is 0.221. The summed E-state index contributed by atoms with van der Waals surface area (Å²) in [5.41, 5.74) is 0.990. The van der Waals surface area contributed by atoms with Crippen LogP contribution in [-0.4, -0.2) is 30.6 Å². The minimum atomic E-state index is -0.220. The van der Waals surface area contributed by atoms with Gasteiger partial charge in [0, 0.05) is 24.6 Å². The summed E-state index contributed by atoms with van der Waals surface area (Å²) >= 11 is 1.82. The fraction of sp³-hybridized carbons (Fsp3) is 0.400. The predicted octanol–water partition coefficient (Wildman–Crippen LogP) is 3.42. The molecule has 3 nitrogen and oxygen atoms in total. The molecular formula is C15H23FIN3S. The molecule has 0 saturated carbocycles. The van der Waals surface area contributed by atoms with Gasteiger partial charge < -0.3 is 10.6 Å². The Morgan fingerprint density at radius 2 is 2.05 bits per heavy atom. The molecule has 0 bridgehead atoms. The molecule has 0 aliphatic heterocycles. The predicted molar refractivity (Wildman–Crippen MR) is 102 cm³/mol. The zero-order chi connectivity index (χ0) is 14.6. The second-order valence-electron chi connectivity index (χ2n) is 4.11. The second-order valence-corrected chi connectivity index (χ2v) is 5.26. The van der Waals surface area contributed by atoms with Gasteiger partial charge in [0.15, 0.2) is 5.96 Å². The van der Waals surface area contributed by atoms with Gasteiger partial charge in [-0.15, -0.1) is 30.6 Å². The number of rotatable bonds is 8. The fourth-order valence-corrected chi connectivity index (χ4v) is 2.09. The topological polar surface area (TPSA) is 36.4 Å². The standard InChI is InChI=1S/C15H22FN3S.HI/c1-3-10-20-11-9-18-15(17-4-2)19-12-13-5-7-14(16)8-6-13;/h3,5-8H,1,4,9-12H2,2H3,(H2,17,18,19);1H. The molecule has 2 N–H and O–H groups in total. The zero-order valence-electron chi connectivity index (χ0n) is 12.3. The van der Waals surface area contributed by atoms with Gasteiger partial charge in [-0.3, -0.25) is 0 Å². The van der Waals surface area contributed by atoms with Crippen molar-refractivity contribution in [2.75, 3.05) is 24.6 Å². The van der Waals surface area contributed by atoms with Crippen molar-refractivity contribution in [3.8, 4) is 0 Å². The Morgan fingerprint density at radius 1 is 1.33 bits per heavy atom. The number of benzene rings is 1. The van der Waals surface area contributed by atoms with Gasteiger partial charge in [-0.05, 0) is 24.6 Å². The van der Waals surface area contributed by atoms with Gasteiger partial charge in [0.2, 0.25) is 0 Å². The molecule has 0 saturated heterocycles. The van der Waals surface area contributed by atoms with Gasteiger partial charge in [-0.2, -0.15) is 11.8 Å². The molecule has 1 aromatic rings. The first-order valence-electron chi connectivity index (χ1n) is 6.71. The number of halogens is 2. The van der Waals surface area contributed by atoms with Gasteiger partial charge in [-0.25, -0.2) is 9.38 Å². The number of nitrogens with one attached hydrogen (secondary N) is 2. The van der Waals surface area contributed by atoms with Gasteiger partial charge in [-0.1, -0.05) is 18.2 Å². The van der Waals surface area contributed by atoms with Crippen molar-refractivity contribution < 1.29 is 4.39 Å². The second kappa shape index (κ2) is 12.9. The van der Waals surface area contributed by atoms with Crippen molar-refractivity contribution in [3.05, 3.63) is 48.3 Å². The molecule has 1 rings (SSSR count). The highest BCUT2D eigenvalue weighted by Crippen LogP contribution is 2.03. The summed E-state index contributed by atoms with van der Waals surface area (Å²) in [6.45, 7) is 7.92. The van der Waals surface area contributed by atoms with E-state index in [0.717, 1.165) is 36.1 Å². The molecule has 0 fully saturated rings. The van der Waals surface area contributed by atoms with E-state index in [-0.39, 0.29) is 29.8 Å². The monoisotopic (exact) mass is 423 g/mol. The molecule has 0 aliphatic rings. The molecule has 0 unspecified atom stereocenters. The SMILES string of the molecule is C=CCSCCNC(=NCc1ccc(F)cc1)NCC.I. The molecular weight excluding hydrogens is 400 g/mol. The summed E-state index contributed by atoms with van der Waals surface area (Å²) in [6.07, 6.45) is 1.90. The summed E-state index contributed by atoms with van der Waals surface area (Å²) < 4.78 is 12.8. The van der Waals surface area contributed by atoms with E-state index in [4.69, 9.17) is 0 Å². The van der Waals surface area contributed by atoms with Crippen LogP contribution in [0.4, 0.5) is 4.39 Å². The van der Waals surface area contributed by atoms with Crippen molar-refractivity contribution in [1.29, 1.82) is 0 Å². The highest BCUT2D eigenvalue weighted by molar-refractivity contribution is 14.0. The molecule has 0 radical (unpaired) electrons. The van der Waals surface area contributed by atoms with E-state index < -0.39 is 0 Å². The third-order valence-corrected chi connectivity index (χ3v) is 3.42. The minimum absolute atomic E-state index is 0. The van der Waals surface area contributed by atoms with Crippen LogP contribution in [0.2, 0.25) is 0 Å². The summed E-state index contributed by atoms with van der Waals surface area (Å²) in [6, 6.07) is 6.42. The maximum absolute atomic E-state index is 12.8. The van der Waals surface area contributed by atoms with E-state index in [1.807, 2.05) is 24.8 Å². The first-order chi connectivity index (χ1) is 9.76. The number of nitrogens with zero attached hydrogens (tertiary/aromatic N) is 1. The Balaban J connectivity index is 0.00000400. The number of guanidine groups is 1. The summed E-state index contributed by atoms with van der Waals surface area (Å²) in [5, 5.41) is 6.46. The van der Waals surface area contributed by atoms with Gasteiger partial charge in [0.05, 0.1) is 6.54 Å². The maximum atomic E-state index is 12.8. The smallest absolute Gasteiger partial charge is 0.191 e. The lowest BCUT2D eigenvalue weighted by Crippen LogP contribution is -2.38. The average Bonchev–Trinajstić information content (AvgIpc) is 2.46. The van der Waals surface area contributed by atoms with Gasteiger partial charge in [0.25, 0.3) is 0 Å². The van der Waals surface area contributed by atoms with E-state index in [9.17, 15) is 4.39 Å². The van der Waals surface area contributed by atoms with Crippen LogP contribution in [0.15, 0.2) is 41.9 Å². The van der Waals surface area contributed by atoms with Crippen LogP contribution < -0.4 is 10.6 Å². The van der Waals surface area contributed by atoms with Crippen molar-refractivity contribution in [3.63, 3.8) is 0 Å². The van der Waals surface area contributed by atoms with Crippen LogP contribution in [0.25, 0.3) is 0 Å². The molecule has 118 valence electrons. The van der Waals surface area contributed by atoms with E-state index in [0.29, 0.717) is 6.54 Å². The van der Waals surface area contributed by atoms with E-state index in [1.165, 1.54) is 12.1 Å². The Labute approximate surface area is 147 Å². The van der Waals surface area contributed by atoms with Crippen molar-refractivity contribution in [2.24, 2.45) is 4.99 Å². The van der Waals surface area contributed by atoms with Crippen LogP contribution >= 0.6 is 35.7 Å². The Hall–Kier alpha value is -0.760. The number of aliphatic imine (C=N–C) groups is 1. The number of hydrogen-bond donors (Lipinski definition) is 2. The highest BCUT2D eigenvalue weighted by atomic mass is 127. The third-order valence-electron chi connectivity index (χ3n) is 2.45. The van der Waals surface area contributed by atoms with Gasteiger partial charge in [0.1, 0.15) is 5.82 Å². The lowest BCUT2D eigenvalue weighted by molar-refractivity contribution is 0.627. The largest absolute Gasteiger partial charge is 0.357 e. The third kappa shape index (κ3) is 9.73. The maximum Gasteiger partial charge on any atom is 0.191 e. The van der Waals surface area contributed by atoms with E-state index in [2.05, 4.69) is 22.2 Å². The molecule has 1 aromatic carbocycles. The first kappa shape index (κ1) is 20.2. The lowest BCUT2D eigenvalue weighted by Gasteiger charge is -2.10. The summed E-state index contributed by atoms with van der Waals surface area (Å²) in [5.74, 6) is 2.54. The first-order valence-corrected chi connectivity index (χ1v) is 7.87. The number of hydrogen-bond acceptors (Lipinski definition) is 2. The van der Waals surface area contributed by atoms with Crippen molar-refractivity contribution >= 4 is 41.7 Å². The fourth-order valence-electron chi connectivity index (χ4n) is 1.51. The summed E-state index contributed by atoms with van der Waals surface area (Å²) in [7, 11) is 0. The van der Waals surface area contributed by atoms with Crippen molar-refractivity contribution in [2.45, 2.75) is 13.5 Å². The zero-order valence-corrected chi connectivity index (χ0v) is 15.4. The number of thioether (sulfide) groups is 1. The van der Waals surface area contributed by atoms with E-state index >= 15 is 0 Å². The molecule has 0 aromatic heterocycles. The Morgan fingerprint density at radius 3 is 2.67 bits per heavy atom. The Kier molecular flexibility index (Phi) is 12.5. The normalized spacial score (nSPS) is 10.7.